The first-order chi connectivity index (χ1) is 15.5. The van der Waals surface area contributed by atoms with Crippen LogP contribution < -0.4 is 5.32 Å². The van der Waals surface area contributed by atoms with Gasteiger partial charge in [0.1, 0.15) is 18.4 Å². The number of carbonyl (C=O) groups is 1. The summed E-state index contributed by atoms with van der Waals surface area (Å²) in [7, 11) is 0. The zero-order chi connectivity index (χ0) is 22.7. The number of nitrogens with zero attached hydrogens (tertiary/aromatic N) is 6. The average Bonchev–Trinajstić information content (AvgIpc) is 3.33. The van der Waals surface area contributed by atoms with E-state index in [0.29, 0.717) is 23.8 Å². The van der Waals surface area contributed by atoms with Crippen LogP contribution in [0.5, 0.6) is 0 Å². The molecule has 0 bridgehead atoms. The summed E-state index contributed by atoms with van der Waals surface area (Å²) < 4.78 is 1.95. The summed E-state index contributed by atoms with van der Waals surface area (Å²) in [6.45, 7) is 6.24. The van der Waals surface area contributed by atoms with E-state index in [1.807, 2.05) is 79.9 Å². The fraction of sp³-hybridized carbons (Fsp3) is 0.208. The second kappa shape index (κ2) is 8.86. The highest BCUT2D eigenvalue weighted by Crippen LogP contribution is 2.27. The highest BCUT2D eigenvalue weighted by molar-refractivity contribution is 5.91. The van der Waals surface area contributed by atoms with E-state index in [2.05, 4.69) is 26.8 Å². The van der Waals surface area contributed by atoms with Crippen molar-refractivity contribution in [2.75, 3.05) is 5.32 Å². The predicted octanol–water partition coefficient (Wildman–Crippen LogP) is 3.63. The van der Waals surface area contributed by atoms with Gasteiger partial charge in [-0.15, -0.1) is 10.2 Å². The van der Waals surface area contributed by atoms with E-state index in [9.17, 15) is 10.1 Å². The van der Waals surface area contributed by atoms with Crippen molar-refractivity contribution in [3.63, 3.8) is 0 Å². The van der Waals surface area contributed by atoms with E-state index < -0.39 is 0 Å². The molecule has 1 N–H and O–H groups in total. The third-order valence-electron chi connectivity index (χ3n) is 5.51. The number of nitriles is 1. The number of hydrogen-bond donors (Lipinski definition) is 1. The lowest BCUT2D eigenvalue weighted by molar-refractivity contribution is -0.117. The Morgan fingerprint density at radius 2 is 1.78 bits per heavy atom. The first kappa shape index (κ1) is 21.0. The molecule has 32 heavy (non-hydrogen) atoms. The van der Waals surface area contributed by atoms with E-state index in [1.54, 1.807) is 0 Å². The minimum absolute atomic E-state index is 0.113. The molecular weight excluding hydrogens is 402 g/mol. The fourth-order valence-electron chi connectivity index (χ4n) is 3.64. The zero-order valence-electron chi connectivity index (χ0n) is 18.2. The Morgan fingerprint density at radius 3 is 2.50 bits per heavy atom. The van der Waals surface area contributed by atoms with E-state index in [0.717, 1.165) is 27.9 Å². The third kappa shape index (κ3) is 4.14. The van der Waals surface area contributed by atoms with Crippen LogP contribution in [0.15, 0.2) is 54.6 Å². The number of aryl methyl sites for hydroxylation is 1. The van der Waals surface area contributed by atoms with Gasteiger partial charge in [-0.05, 0) is 42.7 Å². The van der Waals surface area contributed by atoms with Gasteiger partial charge < -0.3 is 9.88 Å². The van der Waals surface area contributed by atoms with Gasteiger partial charge in [-0.2, -0.15) is 10.1 Å². The van der Waals surface area contributed by atoms with Crippen molar-refractivity contribution in [3.05, 3.63) is 82.5 Å². The summed E-state index contributed by atoms with van der Waals surface area (Å²) in [5.74, 6) is 0.616. The van der Waals surface area contributed by atoms with E-state index in [-0.39, 0.29) is 12.5 Å². The maximum atomic E-state index is 12.8. The molecular formula is C24H23N7O. The fourth-order valence-corrected chi connectivity index (χ4v) is 3.64. The molecule has 8 nitrogen and oxygen atoms in total. The van der Waals surface area contributed by atoms with Crippen molar-refractivity contribution in [2.45, 2.75) is 33.9 Å². The Bertz CT molecular complexity index is 1310. The SMILES string of the molecule is Cc1ccccc1-c1nnn(CC(=O)Nc2c(C#N)c(C)c(C)n2Cc2ccccc2)n1. The average molecular weight is 425 g/mol. The van der Waals surface area contributed by atoms with Gasteiger partial charge in [0.2, 0.25) is 11.7 Å². The van der Waals surface area contributed by atoms with Gasteiger partial charge in [0.05, 0.1) is 5.56 Å². The maximum Gasteiger partial charge on any atom is 0.249 e. The van der Waals surface area contributed by atoms with E-state index in [4.69, 9.17) is 0 Å². The van der Waals surface area contributed by atoms with Crippen LogP contribution in [0.3, 0.4) is 0 Å². The standard InChI is InChI=1S/C24H23N7O/c1-16-9-7-8-12-20(16)23-27-29-31(28-23)15-22(32)26-24-21(13-25)17(2)18(3)30(24)14-19-10-5-4-6-11-19/h4-12H,14-15H2,1-3H3,(H,26,32). The summed E-state index contributed by atoms with van der Waals surface area (Å²) in [5, 5.41) is 25.0. The van der Waals surface area contributed by atoms with Crippen molar-refractivity contribution in [3.8, 4) is 17.5 Å². The van der Waals surface area contributed by atoms with Gasteiger partial charge in [-0.1, -0.05) is 54.6 Å². The number of hydrogen-bond acceptors (Lipinski definition) is 5. The van der Waals surface area contributed by atoms with Crippen LogP contribution >= 0.6 is 0 Å². The van der Waals surface area contributed by atoms with Crippen LogP contribution in [0.2, 0.25) is 0 Å². The molecule has 4 rings (SSSR count). The molecule has 0 unspecified atom stereocenters. The summed E-state index contributed by atoms with van der Waals surface area (Å²) in [6, 6.07) is 19.9. The molecule has 4 aromatic rings. The largest absolute Gasteiger partial charge is 0.326 e. The Morgan fingerprint density at radius 1 is 1.06 bits per heavy atom. The molecule has 0 spiro atoms. The Hall–Kier alpha value is -4.25. The first-order valence-electron chi connectivity index (χ1n) is 10.2. The molecule has 0 aliphatic carbocycles. The number of amides is 1. The van der Waals surface area contributed by atoms with Crippen molar-refractivity contribution in [2.24, 2.45) is 0 Å². The zero-order valence-corrected chi connectivity index (χ0v) is 18.2. The predicted molar refractivity (Wildman–Crippen MR) is 121 cm³/mol. The smallest absolute Gasteiger partial charge is 0.249 e. The maximum absolute atomic E-state index is 12.8. The Balaban J connectivity index is 1.57. The van der Waals surface area contributed by atoms with E-state index >= 15 is 0 Å². The van der Waals surface area contributed by atoms with Gasteiger partial charge in [0, 0.05) is 17.8 Å². The monoisotopic (exact) mass is 425 g/mol. The molecule has 8 heteroatoms. The van der Waals surface area contributed by atoms with Gasteiger partial charge in [-0.25, -0.2) is 0 Å². The molecule has 0 atom stereocenters. The van der Waals surface area contributed by atoms with Crippen molar-refractivity contribution in [1.82, 2.24) is 24.8 Å². The molecule has 2 aromatic carbocycles. The third-order valence-corrected chi connectivity index (χ3v) is 5.51. The van der Waals surface area contributed by atoms with Crippen LogP contribution in [-0.4, -0.2) is 30.7 Å². The lowest BCUT2D eigenvalue weighted by Gasteiger charge is -2.13. The Kier molecular flexibility index (Phi) is 5.81. The van der Waals surface area contributed by atoms with Crippen molar-refractivity contribution in [1.29, 1.82) is 5.26 Å². The summed E-state index contributed by atoms with van der Waals surface area (Å²) >= 11 is 0. The number of aromatic nitrogens is 5. The highest BCUT2D eigenvalue weighted by atomic mass is 16.2. The van der Waals surface area contributed by atoms with E-state index in [1.165, 1.54) is 4.80 Å². The molecule has 0 fully saturated rings. The highest BCUT2D eigenvalue weighted by Gasteiger charge is 2.20. The minimum Gasteiger partial charge on any atom is -0.326 e. The van der Waals surface area contributed by atoms with Crippen LogP contribution in [0.25, 0.3) is 11.4 Å². The molecule has 2 heterocycles. The topological polar surface area (TPSA) is 101 Å². The molecule has 0 aliphatic rings. The number of anilines is 1. The van der Waals surface area contributed by atoms with Gasteiger partial charge in [0.15, 0.2) is 0 Å². The lowest BCUT2D eigenvalue weighted by atomic mass is 10.1. The van der Waals surface area contributed by atoms with Crippen LogP contribution in [0.4, 0.5) is 5.82 Å². The number of carbonyl (C=O) groups excluding carboxylic acids is 1. The Labute approximate surface area is 186 Å². The second-order valence-electron chi connectivity index (χ2n) is 7.62. The quantitative estimate of drug-likeness (QED) is 0.508. The molecule has 0 radical (unpaired) electrons. The van der Waals surface area contributed by atoms with Gasteiger partial charge in [0.25, 0.3) is 0 Å². The number of benzene rings is 2. The second-order valence-corrected chi connectivity index (χ2v) is 7.62. The number of rotatable bonds is 6. The van der Waals surface area contributed by atoms with Crippen molar-refractivity contribution >= 4 is 11.7 Å². The lowest BCUT2D eigenvalue weighted by Crippen LogP contribution is -2.23. The van der Waals surface area contributed by atoms with Crippen LogP contribution in [0, 0.1) is 32.1 Å². The number of tetrazole rings is 1. The van der Waals surface area contributed by atoms with Crippen LogP contribution in [0.1, 0.15) is 27.9 Å². The molecule has 160 valence electrons. The summed E-state index contributed by atoms with van der Waals surface area (Å²) in [5.41, 5.74) is 5.21. The first-order valence-corrected chi connectivity index (χ1v) is 10.2. The van der Waals surface area contributed by atoms with Gasteiger partial charge >= 0.3 is 0 Å². The molecule has 2 aromatic heterocycles. The van der Waals surface area contributed by atoms with Crippen molar-refractivity contribution < 1.29 is 4.79 Å². The molecule has 0 aliphatic heterocycles. The molecule has 0 saturated heterocycles. The normalized spacial score (nSPS) is 10.7. The number of nitrogens with one attached hydrogen (secondary N) is 1. The van der Waals surface area contributed by atoms with Crippen LogP contribution in [-0.2, 0) is 17.9 Å². The molecule has 0 saturated carbocycles. The minimum atomic E-state index is -0.331. The molecule has 1 amide bonds. The van der Waals surface area contributed by atoms with Gasteiger partial charge in [-0.3, -0.25) is 4.79 Å². The summed E-state index contributed by atoms with van der Waals surface area (Å²) in [4.78, 5) is 14.1. The summed E-state index contributed by atoms with van der Waals surface area (Å²) in [6.07, 6.45) is 0.